The normalized spacial score (nSPS) is 23.0. The first-order valence-corrected chi connectivity index (χ1v) is 16.8. The number of piperidine rings is 2. The zero-order chi connectivity index (χ0) is 31.2. The standard InChI is InChI=1S/C34H46F2N8O/c1-22-17-37-10-6-25(22)20-41-12-7-27(8-13-41)44-31-9-14-42(23(2)45)21-30(31)34(39-44)43-11-4-5-24-15-28(26-18-38-40(3)19-26)29(33(35)36)16-32(24)43/h15-16,18-19,22,25,27,33,37H,4-14,17,20-21H2,1-3H3. The van der Waals surface area contributed by atoms with Gasteiger partial charge in [-0.25, -0.2) is 8.78 Å². The van der Waals surface area contributed by atoms with E-state index in [-0.39, 0.29) is 11.5 Å². The van der Waals surface area contributed by atoms with Crippen molar-refractivity contribution in [2.75, 3.05) is 50.7 Å². The van der Waals surface area contributed by atoms with Gasteiger partial charge in [-0.05, 0) is 80.3 Å². The largest absolute Gasteiger partial charge is 0.338 e. The van der Waals surface area contributed by atoms with Gasteiger partial charge in [-0.1, -0.05) is 6.92 Å². The van der Waals surface area contributed by atoms with E-state index in [2.05, 4.69) is 31.8 Å². The van der Waals surface area contributed by atoms with Crippen molar-refractivity contribution in [1.82, 2.24) is 34.7 Å². The summed E-state index contributed by atoms with van der Waals surface area (Å²) in [6.07, 6.45) is 6.65. The molecule has 0 saturated carbocycles. The van der Waals surface area contributed by atoms with Gasteiger partial charge in [0.15, 0.2) is 5.82 Å². The van der Waals surface area contributed by atoms with Gasteiger partial charge in [0.2, 0.25) is 5.91 Å². The predicted octanol–water partition coefficient (Wildman–Crippen LogP) is 5.09. The molecule has 242 valence electrons. The van der Waals surface area contributed by atoms with Crippen LogP contribution in [0.2, 0.25) is 0 Å². The molecular weight excluding hydrogens is 574 g/mol. The third kappa shape index (κ3) is 5.89. The number of aromatic nitrogens is 4. The molecule has 9 nitrogen and oxygen atoms in total. The number of amides is 1. The van der Waals surface area contributed by atoms with Crippen molar-refractivity contribution in [2.45, 2.75) is 71.4 Å². The SMILES string of the molecule is CC(=O)N1CCc2c(c(N3CCCc4cc(-c5cnn(C)c5)c(C(F)F)cc43)nn2C2CCN(CC3CCNCC3C)CC2)C1. The minimum Gasteiger partial charge on any atom is -0.338 e. The van der Waals surface area contributed by atoms with Gasteiger partial charge >= 0.3 is 0 Å². The minimum absolute atomic E-state index is 0.0164. The van der Waals surface area contributed by atoms with Crippen molar-refractivity contribution < 1.29 is 13.6 Å². The van der Waals surface area contributed by atoms with Crippen LogP contribution in [0.3, 0.4) is 0 Å². The molecule has 7 rings (SSSR count). The zero-order valence-corrected chi connectivity index (χ0v) is 26.8. The number of likely N-dealkylation sites (tertiary alicyclic amines) is 1. The summed E-state index contributed by atoms with van der Waals surface area (Å²) in [6.45, 7) is 11.4. The lowest BCUT2D eigenvalue weighted by Gasteiger charge is -2.38. The molecule has 1 N–H and O–H groups in total. The molecule has 2 unspecified atom stereocenters. The Bertz CT molecular complexity index is 1540. The predicted molar refractivity (Wildman–Crippen MR) is 171 cm³/mol. The molecule has 2 saturated heterocycles. The van der Waals surface area contributed by atoms with Crippen LogP contribution in [0.1, 0.15) is 74.4 Å². The number of halogens is 2. The Morgan fingerprint density at radius 1 is 1.11 bits per heavy atom. The number of aryl methyl sites for hydroxylation is 2. The molecule has 2 aromatic heterocycles. The third-order valence-corrected chi connectivity index (χ3v) is 10.7. The quantitative estimate of drug-likeness (QED) is 0.414. The Morgan fingerprint density at radius 3 is 2.64 bits per heavy atom. The van der Waals surface area contributed by atoms with Gasteiger partial charge in [0.25, 0.3) is 6.43 Å². The lowest BCUT2D eigenvalue weighted by Crippen LogP contribution is -2.44. The summed E-state index contributed by atoms with van der Waals surface area (Å²) in [7, 11) is 1.80. The highest BCUT2D eigenvalue weighted by atomic mass is 19.3. The second-order valence-electron chi connectivity index (χ2n) is 13.7. The van der Waals surface area contributed by atoms with Crippen molar-refractivity contribution in [3.8, 4) is 11.1 Å². The number of carbonyl (C=O) groups is 1. The third-order valence-electron chi connectivity index (χ3n) is 10.7. The molecule has 2 atom stereocenters. The first kappa shape index (κ1) is 30.3. The Balaban J connectivity index is 1.21. The summed E-state index contributed by atoms with van der Waals surface area (Å²) in [5.74, 6) is 2.34. The van der Waals surface area contributed by atoms with E-state index in [1.807, 2.05) is 11.0 Å². The molecular formula is C34H46F2N8O. The maximum atomic E-state index is 14.6. The molecule has 0 radical (unpaired) electrons. The summed E-state index contributed by atoms with van der Waals surface area (Å²) >= 11 is 0. The molecule has 3 aromatic rings. The van der Waals surface area contributed by atoms with Crippen LogP contribution in [-0.2, 0) is 31.2 Å². The monoisotopic (exact) mass is 620 g/mol. The molecule has 4 aliphatic rings. The maximum absolute atomic E-state index is 14.6. The molecule has 2 fully saturated rings. The highest BCUT2D eigenvalue weighted by Gasteiger charge is 2.35. The van der Waals surface area contributed by atoms with Crippen LogP contribution < -0.4 is 10.2 Å². The summed E-state index contributed by atoms with van der Waals surface area (Å²) < 4.78 is 33.0. The van der Waals surface area contributed by atoms with Gasteiger partial charge < -0.3 is 20.0 Å². The fourth-order valence-electron chi connectivity index (χ4n) is 8.09. The number of anilines is 2. The van der Waals surface area contributed by atoms with Gasteiger partial charge in [-0.2, -0.15) is 10.2 Å². The van der Waals surface area contributed by atoms with E-state index in [9.17, 15) is 13.6 Å². The van der Waals surface area contributed by atoms with Crippen molar-refractivity contribution in [3.63, 3.8) is 0 Å². The van der Waals surface area contributed by atoms with Gasteiger partial charge in [0.05, 0.1) is 18.8 Å². The molecule has 11 heteroatoms. The number of rotatable bonds is 6. The minimum atomic E-state index is -2.62. The number of hydrogen-bond acceptors (Lipinski definition) is 6. The topological polar surface area (TPSA) is 74.5 Å². The summed E-state index contributed by atoms with van der Waals surface area (Å²) in [5.41, 5.74) is 5.40. The smallest absolute Gasteiger partial charge is 0.264 e. The Kier molecular flexibility index (Phi) is 8.41. The number of nitrogens with one attached hydrogen (secondary N) is 1. The number of benzene rings is 1. The molecule has 4 aliphatic heterocycles. The Morgan fingerprint density at radius 2 is 1.93 bits per heavy atom. The van der Waals surface area contributed by atoms with Crippen LogP contribution in [0.5, 0.6) is 0 Å². The Labute approximate surface area is 264 Å². The van der Waals surface area contributed by atoms with E-state index in [1.54, 1.807) is 37.1 Å². The Hall–Kier alpha value is -3.31. The van der Waals surface area contributed by atoms with Crippen LogP contribution in [0.25, 0.3) is 11.1 Å². The van der Waals surface area contributed by atoms with E-state index >= 15 is 0 Å². The van der Waals surface area contributed by atoms with E-state index in [0.29, 0.717) is 42.7 Å². The lowest BCUT2D eigenvalue weighted by molar-refractivity contribution is -0.129. The van der Waals surface area contributed by atoms with Gasteiger partial charge in [-0.3, -0.25) is 14.2 Å². The number of nitrogens with zero attached hydrogens (tertiary/aromatic N) is 7. The van der Waals surface area contributed by atoms with Gasteiger partial charge in [-0.15, -0.1) is 0 Å². The summed E-state index contributed by atoms with van der Waals surface area (Å²) in [6, 6.07) is 3.91. The van der Waals surface area contributed by atoms with Crippen molar-refractivity contribution in [3.05, 3.63) is 46.9 Å². The lowest BCUT2D eigenvalue weighted by atomic mass is 9.87. The van der Waals surface area contributed by atoms with Crippen molar-refractivity contribution in [1.29, 1.82) is 0 Å². The highest BCUT2D eigenvalue weighted by molar-refractivity contribution is 5.78. The fraction of sp³-hybridized carbons (Fsp3) is 0.618. The molecule has 1 amide bonds. The highest BCUT2D eigenvalue weighted by Crippen LogP contribution is 2.43. The van der Waals surface area contributed by atoms with Gasteiger partial charge in [0.1, 0.15) is 0 Å². The average molecular weight is 621 g/mol. The molecule has 1 aromatic carbocycles. The second kappa shape index (κ2) is 12.5. The summed E-state index contributed by atoms with van der Waals surface area (Å²) in [4.78, 5) is 19.2. The van der Waals surface area contributed by atoms with Gasteiger partial charge in [0, 0.05) is 87.4 Å². The number of alkyl halides is 2. The molecule has 6 heterocycles. The summed E-state index contributed by atoms with van der Waals surface area (Å²) in [5, 5.41) is 13.1. The van der Waals surface area contributed by atoms with Crippen LogP contribution in [0.15, 0.2) is 24.5 Å². The zero-order valence-electron chi connectivity index (χ0n) is 26.8. The van der Waals surface area contributed by atoms with Crippen LogP contribution in [0.4, 0.5) is 20.3 Å². The van der Waals surface area contributed by atoms with Crippen LogP contribution in [0, 0.1) is 11.8 Å². The molecule has 0 spiro atoms. The maximum Gasteiger partial charge on any atom is 0.264 e. The van der Waals surface area contributed by atoms with E-state index in [4.69, 9.17) is 5.10 Å². The molecule has 0 bridgehead atoms. The van der Waals surface area contributed by atoms with Crippen LogP contribution in [-0.4, -0.2) is 81.1 Å². The molecule has 45 heavy (non-hydrogen) atoms. The number of hydrogen-bond donors (Lipinski definition) is 1. The first-order valence-electron chi connectivity index (χ1n) is 16.8. The van der Waals surface area contributed by atoms with Crippen LogP contribution >= 0.6 is 0 Å². The van der Waals surface area contributed by atoms with E-state index in [0.717, 1.165) is 86.8 Å². The second-order valence-corrected chi connectivity index (χ2v) is 13.7. The first-order chi connectivity index (χ1) is 21.8. The van der Waals surface area contributed by atoms with E-state index < -0.39 is 6.43 Å². The number of carbonyl (C=O) groups excluding carboxylic acids is 1. The average Bonchev–Trinajstić information content (AvgIpc) is 3.65. The fourth-order valence-corrected chi connectivity index (χ4v) is 8.09. The van der Waals surface area contributed by atoms with Crippen molar-refractivity contribution >= 4 is 17.4 Å². The number of fused-ring (bicyclic) bond motifs is 2. The van der Waals surface area contributed by atoms with Crippen molar-refractivity contribution in [2.24, 2.45) is 18.9 Å². The molecule has 0 aliphatic carbocycles. The van der Waals surface area contributed by atoms with E-state index in [1.165, 1.54) is 18.7 Å².